The van der Waals surface area contributed by atoms with Crippen LogP contribution in [0.15, 0.2) is 12.4 Å². The summed E-state index contributed by atoms with van der Waals surface area (Å²) in [4.78, 5) is 14.3. The summed E-state index contributed by atoms with van der Waals surface area (Å²) in [6, 6.07) is 0. The number of halogens is 3. The lowest BCUT2D eigenvalue weighted by molar-refractivity contribution is -0.173. The summed E-state index contributed by atoms with van der Waals surface area (Å²) < 4.78 is 39.4. The second-order valence-corrected chi connectivity index (χ2v) is 4.78. The second kappa shape index (κ2) is 4.05. The average molecular weight is 250 g/mol. The number of carboxylic acid groups (broad SMARTS) is 1. The molecule has 96 valence electrons. The first-order valence-electron chi connectivity index (χ1n) is 4.88. The van der Waals surface area contributed by atoms with Crippen molar-refractivity contribution in [3.05, 3.63) is 18.2 Å². The van der Waals surface area contributed by atoms with Gasteiger partial charge in [0.05, 0.1) is 0 Å². The first kappa shape index (κ1) is 13.5. The Morgan fingerprint density at radius 1 is 1.41 bits per heavy atom. The molecule has 0 saturated heterocycles. The van der Waals surface area contributed by atoms with E-state index in [9.17, 15) is 18.0 Å². The predicted molar refractivity (Wildman–Crippen MR) is 53.9 cm³/mol. The molecule has 7 heteroatoms. The first-order valence-corrected chi connectivity index (χ1v) is 4.88. The van der Waals surface area contributed by atoms with E-state index in [1.807, 2.05) is 0 Å². The van der Waals surface area contributed by atoms with Gasteiger partial charge in [-0.15, -0.1) is 0 Å². The SMILES string of the molecule is CC(C)(C)C(c1nccn1C(=O)O)C(F)(F)F. The molecular weight excluding hydrogens is 237 g/mol. The maximum atomic E-state index is 13.0. The molecule has 0 fully saturated rings. The Bertz CT molecular complexity index is 404. The summed E-state index contributed by atoms with van der Waals surface area (Å²) in [5.74, 6) is -2.43. The van der Waals surface area contributed by atoms with Gasteiger partial charge in [0, 0.05) is 12.4 Å². The van der Waals surface area contributed by atoms with Crippen molar-refractivity contribution >= 4 is 6.09 Å². The van der Waals surface area contributed by atoms with Gasteiger partial charge in [-0.2, -0.15) is 13.2 Å². The van der Waals surface area contributed by atoms with Gasteiger partial charge < -0.3 is 5.11 Å². The minimum Gasteiger partial charge on any atom is -0.464 e. The normalized spacial score (nSPS) is 14.7. The van der Waals surface area contributed by atoms with Crippen LogP contribution in [0, 0.1) is 5.41 Å². The number of aromatic nitrogens is 2. The summed E-state index contributed by atoms with van der Waals surface area (Å²) in [6.07, 6.45) is -3.97. The van der Waals surface area contributed by atoms with Gasteiger partial charge in [-0.3, -0.25) is 0 Å². The van der Waals surface area contributed by atoms with Gasteiger partial charge in [0.2, 0.25) is 0 Å². The number of rotatable bonds is 1. The zero-order valence-electron chi connectivity index (χ0n) is 9.62. The third-order valence-corrected chi connectivity index (χ3v) is 2.33. The van der Waals surface area contributed by atoms with Gasteiger partial charge in [-0.25, -0.2) is 14.3 Å². The smallest absolute Gasteiger partial charge is 0.417 e. The minimum atomic E-state index is -4.54. The fourth-order valence-electron chi connectivity index (χ4n) is 1.71. The fraction of sp³-hybridized carbons (Fsp3) is 0.600. The Hall–Kier alpha value is -1.53. The molecule has 0 saturated carbocycles. The fourth-order valence-corrected chi connectivity index (χ4v) is 1.71. The van der Waals surface area contributed by atoms with Crippen molar-refractivity contribution < 1.29 is 23.1 Å². The average Bonchev–Trinajstić information content (AvgIpc) is 2.46. The number of carbonyl (C=O) groups is 1. The van der Waals surface area contributed by atoms with E-state index in [1.54, 1.807) is 0 Å². The monoisotopic (exact) mass is 250 g/mol. The van der Waals surface area contributed by atoms with E-state index in [0.29, 0.717) is 4.57 Å². The summed E-state index contributed by atoms with van der Waals surface area (Å²) in [7, 11) is 0. The number of imidazole rings is 1. The highest BCUT2D eigenvalue weighted by atomic mass is 19.4. The standard InChI is InChI=1S/C10H13F3N2O2/c1-9(2,3)6(10(11,12)13)7-14-4-5-15(7)8(16)17/h4-6H,1-3H3,(H,16,17). The van der Waals surface area contributed by atoms with Gasteiger partial charge in [0.1, 0.15) is 11.7 Å². The van der Waals surface area contributed by atoms with Crippen LogP contribution in [0.3, 0.4) is 0 Å². The highest BCUT2D eigenvalue weighted by Gasteiger charge is 2.50. The predicted octanol–water partition coefficient (Wildman–Crippen LogP) is 3.10. The number of hydrogen-bond donors (Lipinski definition) is 1. The van der Waals surface area contributed by atoms with Crippen LogP contribution in [0.4, 0.5) is 18.0 Å². The molecule has 0 aromatic carbocycles. The molecular formula is C10H13F3N2O2. The minimum absolute atomic E-state index is 0.502. The molecule has 17 heavy (non-hydrogen) atoms. The Labute approximate surface area is 96.1 Å². The Morgan fingerprint density at radius 2 is 1.94 bits per heavy atom. The van der Waals surface area contributed by atoms with Crippen LogP contribution in [0.2, 0.25) is 0 Å². The van der Waals surface area contributed by atoms with Crippen LogP contribution in [0.25, 0.3) is 0 Å². The van der Waals surface area contributed by atoms with Crippen molar-refractivity contribution in [1.29, 1.82) is 0 Å². The van der Waals surface area contributed by atoms with Crippen molar-refractivity contribution in [3.8, 4) is 0 Å². The Morgan fingerprint density at radius 3 is 2.29 bits per heavy atom. The van der Waals surface area contributed by atoms with Crippen molar-refractivity contribution in [2.75, 3.05) is 0 Å². The molecule has 1 aromatic heterocycles. The van der Waals surface area contributed by atoms with Crippen molar-refractivity contribution in [1.82, 2.24) is 9.55 Å². The van der Waals surface area contributed by atoms with Gasteiger partial charge in [0.25, 0.3) is 0 Å². The molecule has 1 heterocycles. The third-order valence-electron chi connectivity index (χ3n) is 2.33. The summed E-state index contributed by atoms with van der Waals surface area (Å²) in [5, 5.41) is 8.79. The quantitative estimate of drug-likeness (QED) is 0.833. The molecule has 1 aromatic rings. The van der Waals surface area contributed by atoms with Crippen LogP contribution >= 0.6 is 0 Å². The highest BCUT2D eigenvalue weighted by Crippen LogP contribution is 2.46. The van der Waals surface area contributed by atoms with Gasteiger partial charge >= 0.3 is 12.3 Å². The van der Waals surface area contributed by atoms with Crippen LogP contribution in [0.1, 0.15) is 32.5 Å². The summed E-state index contributed by atoms with van der Waals surface area (Å²) in [5.41, 5.74) is -1.17. The van der Waals surface area contributed by atoms with Crippen molar-refractivity contribution in [2.24, 2.45) is 5.41 Å². The molecule has 1 rings (SSSR count). The largest absolute Gasteiger partial charge is 0.464 e. The van der Waals surface area contributed by atoms with Gasteiger partial charge in [-0.05, 0) is 5.41 Å². The van der Waals surface area contributed by atoms with E-state index >= 15 is 0 Å². The van der Waals surface area contributed by atoms with Crippen molar-refractivity contribution in [3.63, 3.8) is 0 Å². The molecule has 0 aliphatic carbocycles. The number of hydrogen-bond acceptors (Lipinski definition) is 2. The molecule has 1 atom stereocenters. The van der Waals surface area contributed by atoms with Gasteiger partial charge in [-0.1, -0.05) is 20.8 Å². The van der Waals surface area contributed by atoms with E-state index in [4.69, 9.17) is 5.11 Å². The molecule has 0 aliphatic rings. The topological polar surface area (TPSA) is 55.1 Å². The Balaban J connectivity index is 3.34. The van der Waals surface area contributed by atoms with E-state index < -0.39 is 29.4 Å². The molecule has 4 nitrogen and oxygen atoms in total. The molecule has 0 aliphatic heterocycles. The van der Waals surface area contributed by atoms with E-state index in [0.717, 1.165) is 12.4 Å². The molecule has 0 spiro atoms. The lowest BCUT2D eigenvalue weighted by Gasteiger charge is -2.31. The number of alkyl halides is 3. The zero-order chi connectivity index (χ0) is 13.4. The second-order valence-electron chi connectivity index (χ2n) is 4.78. The zero-order valence-corrected chi connectivity index (χ0v) is 9.62. The van der Waals surface area contributed by atoms with Crippen LogP contribution in [0.5, 0.6) is 0 Å². The lowest BCUT2D eigenvalue weighted by Crippen LogP contribution is -2.35. The summed E-state index contributed by atoms with van der Waals surface area (Å²) >= 11 is 0. The number of nitrogens with zero attached hydrogens (tertiary/aromatic N) is 2. The molecule has 1 N–H and O–H groups in total. The van der Waals surface area contributed by atoms with Gasteiger partial charge in [0.15, 0.2) is 0 Å². The maximum Gasteiger partial charge on any atom is 0.417 e. The van der Waals surface area contributed by atoms with E-state index in [2.05, 4.69) is 4.98 Å². The van der Waals surface area contributed by atoms with Crippen LogP contribution in [-0.4, -0.2) is 26.9 Å². The molecule has 0 bridgehead atoms. The molecule has 1 unspecified atom stereocenters. The van der Waals surface area contributed by atoms with Crippen LogP contribution < -0.4 is 0 Å². The van der Waals surface area contributed by atoms with Crippen LogP contribution in [-0.2, 0) is 0 Å². The summed E-state index contributed by atoms with van der Waals surface area (Å²) in [6.45, 7) is 4.18. The lowest BCUT2D eigenvalue weighted by atomic mass is 9.79. The highest BCUT2D eigenvalue weighted by molar-refractivity contribution is 5.68. The van der Waals surface area contributed by atoms with E-state index in [-0.39, 0.29) is 0 Å². The Kier molecular flexibility index (Phi) is 3.22. The van der Waals surface area contributed by atoms with Crippen molar-refractivity contribution in [2.45, 2.75) is 32.9 Å². The maximum absolute atomic E-state index is 13.0. The molecule has 0 amide bonds. The third kappa shape index (κ3) is 2.78. The van der Waals surface area contributed by atoms with E-state index in [1.165, 1.54) is 20.8 Å². The first-order chi connectivity index (χ1) is 7.55. The molecule has 0 radical (unpaired) electrons.